The summed E-state index contributed by atoms with van der Waals surface area (Å²) >= 11 is 6.12. The largest absolute Gasteiger partial charge is 0.373 e. The van der Waals surface area contributed by atoms with Crippen molar-refractivity contribution in [3.05, 3.63) is 52.3 Å². The summed E-state index contributed by atoms with van der Waals surface area (Å²) in [4.78, 5) is 29.1. The van der Waals surface area contributed by atoms with Crippen LogP contribution in [0.5, 0.6) is 0 Å². The highest BCUT2D eigenvalue weighted by molar-refractivity contribution is 6.30. The van der Waals surface area contributed by atoms with E-state index in [-0.39, 0.29) is 24.6 Å². The third-order valence-corrected chi connectivity index (χ3v) is 8.23. The van der Waals surface area contributed by atoms with Crippen LogP contribution in [0.25, 0.3) is 0 Å². The molecule has 202 valence electrons. The maximum absolute atomic E-state index is 12.5. The van der Waals surface area contributed by atoms with Crippen LogP contribution in [-0.4, -0.2) is 95.3 Å². The normalized spacial score (nSPS) is 24.6. The number of hydrogen-bond donors (Lipinski definition) is 0. The molecule has 2 amide bonds. The van der Waals surface area contributed by atoms with E-state index in [2.05, 4.69) is 30.0 Å². The number of carbonyl (C=O) groups excluding carboxylic acids is 2. The lowest BCUT2D eigenvalue weighted by atomic mass is 9.82. The van der Waals surface area contributed by atoms with Gasteiger partial charge in [-0.05, 0) is 62.8 Å². The molecule has 8 nitrogen and oxygen atoms in total. The summed E-state index contributed by atoms with van der Waals surface area (Å²) in [6, 6.07) is 11.1. The van der Waals surface area contributed by atoms with Gasteiger partial charge in [0.1, 0.15) is 0 Å². The Hall–Kier alpha value is -2.42. The molecule has 2 fully saturated rings. The van der Waals surface area contributed by atoms with E-state index in [0.29, 0.717) is 31.5 Å². The van der Waals surface area contributed by atoms with Crippen molar-refractivity contribution in [1.29, 1.82) is 0 Å². The molecule has 2 heterocycles. The topological polar surface area (TPSA) is 70.9 Å². The Balaban J connectivity index is 1.42. The summed E-state index contributed by atoms with van der Waals surface area (Å²) in [5, 5.41) is 5.49. The van der Waals surface area contributed by atoms with Crippen LogP contribution in [0.15, 0.2) is 30.3 Å². The van der Waals surface area contributed by atoms with Crippen molar-refractivity contribution < 1.29 is 14.3 Å². The zero-order chi connectivity index (χ0) is 26.5. The third kappa shape index (κ3) is 7.12. The van der Waals surface area contributed by atoms with Gasteiger partial charge in [-0.1, -0.05) is 23.7 Å². The summed E-state index contributed by atoms with van der Waals surface area (Å²) in [7, 11) is 5.41. The number of aryl methyl sites for hydroxylation is 2. The van der Waals surface area contributed by atoms with Gasteiger partial charge in [0.05, 0.1) is 24.9 Å². The van der Waals surface area contributed by atoms with Crippen molar-refractivity contribution in [2.45, 2.75) is 63.1 Å². The molecule has 1 aliphatic carbocycles. The lowest BCUT2D eigenvalue weighted by molar-refractivity contribution is -0.138. The molecule has 2 aliphatic rings. The van der Waals surface area contributed by atoms with Gasteiger partial charge in [0.2, 0.25) is 12.3 Å². The minimum Gasteiger partial charge on any atom is -0.373 e. The van der Waals surface area contributed by atoms with Crippen LogP contribution in [-0.2, 0) is 27.8 Å². The van der Waals surface area contributed by atoms with Crippen molar-refractivity contribution >= 4 is 23.9 Å². The molecule has 2 atom stereocenters. The van der Waals surface area contributed by atoms with E-state index in [9.17, 15) is 9.59 Å². The molecule has 0 bridgehead atoms. The van der Waals surface area contributed by atoms with E-state index in [4.69, 9.17) is 21.4 Å². The molecule has 1 aromatic carbocycles. The lowest BCUT2D eigenvalue weighted by Crippen LogP contribution is -2.57. The molecular weight excluding hydrogens is 490 g/mol. The van der Waals surface area contributed by atoms with Crippen molar-refractivity contribution in [1.82, 2.24) is 24.5 Å². The molecule has 1 aromatic heterocycles. The molecular formula is C28H40ClN5O3. The van der Waals surface area contributed by atoms with Gasteiger partial charge in [0.15, 0.2) is 0 Å². The van der Waals surface area contributed by atoms with Gasteiger partial charge in [0.25, 0.3) is 0 Å². The Kier molecular flexibility index (Phi) is 9.27. The summed E-state index contributed by atoms with van der Waals surface area (Å²) in [6.45, 7) is 4.11. The number of carbonyl (C=O) groups is 2. The number of benzene rings is 1. The van der Waals surface area contributed by atoms with Crippen molar-refractivity contribution in [2.24, 2.45) is 7.05 Å². The SMILES string of the molecule is Cc1cc(C2CCC(N3CC(CN(C)C(=O)CN(C)C=O)OCC3Cc3ccc(Cl)cc3)CC2)nn1C. The van der Waals surface area contributed by atoms with Gasteiger partial charge in [-0.3, -0.25) is 19.2 Å². The third-order valence-electron chi connectivity index (χ3n) is 7.98. The molecule has 9 heteroatoms. The minimum absolute atomic E-state index is 0.0619. The van der Waals surface area contributed by atoms with Gasteiger partial charge in [0, 0.05) is 63.0 Å². The monoisotopic (exact) mass is 529 g/mol. The summed E-state index contributed by atoms with van der Waals surface area (Å²) in [5.41, 5.74) is 3.67. The molecule has 2 unspecified atom stereocenters. The first-order valence-corrected chi connectivity index (χ1v) is 13.6. The molecule has 2 aromatic rings. The van der Waals surface area contributed by atoms with Crippen molar-refractivity contribution in [3.8, 4) is 0 Å². The van der Waals surface area contributed by atoms with Crippen molar-refractivity contribution in [2.75, 3.05) is 40.3 Å². The van der Waals surface area contributed by atoms with E-state index >= 15 is 0 Å². The lowest BCUT2D eigenvalue weighted by Gasteiger charge is -2.46. The average molecular weight is 530 g/mol. The molecule has 0 N–H and O–H groups in total. The molecule has 1 saturated carbocycles. The second-order valence-corrected chi connectivity index (χ2v) is 11.2. The van der Waals surface area contributed by atoms with Gasteiger partial charge in [-0.25, -0.2) is 0 Å². The summed E-state index contributed by atoms with van der Waals surface area (Å²) < 4.78 is 8.28. The second kappa shape index (κ2) is 12.4. The fraction of sp³-hybridized carbons (Fsp3) is 0.607. The zero-order valence-electron chi connectivity index (χ0n) is 22.5. The number of nitrogens with zero attached hydrogens (tertiary/aromatic N) is 5. The fourth-order valence-electron chi connectivity index (χ4n) is 5.68. The van der Waals surface area contributed by atoms with Gasteiger partial charge >= 0.3 is 0 Å². The molecule has 0 radical (unpaired) electrons. The average Bonchev–Trinajstić information content (AvgIpc) is 3.24. The predicted octanol–water partition coefficient (Wildman–Crippen LogP) is 3.27. The van der Waals surface area contributed by atoms with E-state index < -0.39 is 0 Å². The highest BCUT2D eigenvalue weighted by Crippen LogP contribution is 2.36. The number of aromatic nitrogens is 2. The highest BCUT2D eigenvalue weighted by atomic mass is 35.5. The van der Waals surface area contributed by atoms with Crippen LogP contribution in [0.3, 0.4) is 0 Å². The smallest absolute Gasteiger partial charge is 0.242 e. The van der Waals surface area contributed by atoms with Crippen molar-refractivity contribution in [3.63, 3.8) is 0 Å². The number of amides is 2. The van der Waals surface area contributed by atoms with Crippen LogP contribution < -0.4 is 0 Å². The first-order valence-electron chi connectivity index (χ1n) is 13.2. The maximum atomic E-state index is 12.5. The molecule has 4 rings (SSSR count). The number of halogens is 1. The van der Waals surface area contributed by atoms with Crippen LogP contribution in [0.2, 0.25) is 5.02 Å². The van der Waals surface area contributed by atoms with E-state index in [1.165, 1.54) is 21.9 Å². The van der Waals surface area contributed by atoms with E-state index in [1.54, 1.807) is 19.0 Å². The first-order chi connectivity index (χ1) is 17.7. The van der Waals surface area contributed by atoms with Gasteiger partial charge < -0.3 is 14.5 Å². The fourth-order valence-corrected chi connectivity index (χ4v) is 5.80. The number of likely N-dealkylation sites (N-methyl/N-ethyl adjacent to an activating group) is 2. The summed E-state index contributed by atoms with van der Waals surface area (Å²) in [5.74, 6) is 0.431. The molecule has 37 heavy (non-hydrogen) atoms. The first kappa shape index (κ1) is 27.6. The Labute approximate surface area is 225 Å². The Morgan fingerprint density at radius 2 is 1.89 bits per heavy atom. The highest BCUT2D eigenvalue weighted by Gasteiger charge is 2.37. The zero-order valence-corrected chi connectivity index (χ0v) is 23.2. The molecule has 1 saturated heterocycles. The van der Waals surface area contributed by atoms with Crippen LogP contribution in [0.4, 0.5) is 0 Å². The standard InChI is InChI=1S/C28H40ClN5O3/c1-20-13-27(30-33(20)4)22-7-11-24(12-8-22)34-16-26(15-32(3)28(36)17-31(2)19-35)37-18-25(34)14-21-5-9-23(29)10-6-21/h5-6,9-10,13,19,22,24-26H,7-8,11-12,14-18H2,1-4H3. The quantitative estimate of drug-likeness (QED) is 0.466. The second-order valence-electron chi connectivity index (χ2n) is 10.8. The van der Waals surface area contributed by atoms with Gasteiger partial charge in [-0.2, -0.15) is 5.10 Å². The Morgan fingerprint density at radius 1 is 1.19 bits per heavy atom. The van der Waals surface area contributed by atoms with Crippen LogP contribution in [0.1, 0.15) is 48.6 Å². The number of hydrogen-bond acceptors (Lipinski definition) is 5. The Bertz CT molecular complexity index is 1030. The maximum Gasteiger partial charge on any atom is 0.242 e. The number of rotatable bonds is 9. The van der Waals surface area contributed by atoms with E-state index in [0.717, 1.165) is 43.7 Å². The summed E-state index contributed by atoms with van der Waals surface area (Å²) in [6.07, 6.45) is 6.04. The molecule has 1 aliphatic heterocycles. The minimum atomic E-state index is -0.0841. The van der Waals surface area contributed by atoms with E-state index in [1.807, 2.05) is 23.9 Å². The Morgan fingerprint density at radius 3 is 2.51 bits per heavy atom. The predicted molar refractivity (Wildman–Crippen MR) is 145 cm³/mol. The van der Waals surface area contributed by atoms with Crippen LogP contribution >= 0.6 is 11.6 Å². The van der Waals surface area contributed by atoms with Crippen LogP contribution in [0, 0.1) is 6.92 Å². The van der Waals surface area contributed by atoms with Gasteiger partial charge in [-0.15, -0.1) is 0 Å². The number of ether oxygens (including phenoxy) is 1. The molecule has 0 spiro atoms. The number of morpholine rings is 1.